The Labute approximate surface area is 94.6 Å². The number of carbonyl (C=O) groups is 1. The summed E-state index contributed by atoms with van der Waals surface area (Å²) in [6.07, 6.45) is 0. The monoisotopic (exact) mass is 223 g/mol. The zero-order chi connectivity index (χ0) is 12.0. The standard InChI is InChI=1S/C10H17N5O/c1-7(5-12-2)6-13-9-4-3-8(10(11)16)14-15-9/h3-4,7,12H,5-6H2,1-2H3,(H2,11,16)(H,13,15). The number of anilines is 1. The van der Waals surface area contributed by atoms with Crippen molar-refractivity contribution in [1.29, 1.82) is 0 Å². The summed E-state index contributed by atoms with van der Waals surface area (Å²) in [7, 11) is 1.91. The lowest BCUT2D eigenvalue weighted by atomic mass is 10.2. The quantitative estimate of drug-likeness (QED) is 0.623. The molecule has 1 amide bonds. The maximum atomic E-state index is 10.8. The van der Waals surface area contributed by atoms with Crippen molar-refractivity contribution >= 4 is 11.7 Å². The third-order valence-corrected chi connectivity index (χ3v) is 2.10. The summed E-state index contributed by atoms with van der Waals surface area (Å²) in [6, 6.07) is 3.25. The summed E-state index contributed by atoms with van der Waals surface area (Å²) in [5, 5.41) is 13.8. The van der Waals surface area contributed by atoms with Crippen molar-refractivity contribution in [2.75, 3.05) is 25.5 Å². The molecule has 1 aromatic heterocycles. The van der Waals surface area contributed by atoms with E-state index in [0.717, 1.165) is 13.1 Å². The number of rotatable bonds is 6. The van der Waals surface area contributed by atoms with Gasteiger partial charge in [-0.2, -0.15) is 0 Å². The highest BCUT2D eigenvalue weighted by molar-refractivity contribution is 5.90. The summed E-state index contributed by atoms with van der Waals surface area (Å²) in [4.78, 5) is 10.8. The number of hydrogen-bond acceptors (Lipinski definition) is 5. The van der Waals surface area contributed by atoms with Gasteiger partial charge in [-0.3, -0.25) is 4.79 Å². The van der Waals surface area contributed by atoms with Crippen LogP contribution in [0.3, 0.4) is 0 Å². The number of amides is 1. The maximum absolute atomic E-state index is 10.8. The second-order valence-corrected chi connectivity index (χ2v) is 3.71. The summed E-state index contributed by atoms with van der Waals surface area (Å²) >= 11 is 0. The highest BCUT2D eigenvalue weighted by atomic mass is 16.1. The molecule has 0 aromatic carbocycles. The van der Waals surface area contributed by atoms with Crippen LogP contribution < -0.4 is 16.4 Å². The fourth-order valence-corrected chi connectivity index (χ4v) is 1.26. The zero-order valence-corrected chi connectivity index (χ0v) is 9.53. The first-order chi connectivity index (χ1) is 7.63. The predicted molar refractivity (Wildman–Crippen MR) is 62.1 cm³/mol. The van der Waals surface area contributed by atoms with Gasteiger partial charge in [0.25, 0.3) is 5.91 Å². The molecule has 0 aliphatic heterocycles. The van der Waals surface area contributed by atoms with Gasteiger partial charge in [-0.15, -0.1) is 10.2 Å². The average Bonchev–Trinajstić information content (AvgIpc) is 2.27. The minimum atomic E-state index is -0.567. The van der Waals surface area contributed by atoms with Crippen LogP contribution in [0.2, 0.25) is 0 Å². The molecule has 0 aliphatic carbocycles. The smallest absolute Gasteiger partial charge is 0.269 e. The molecule has 0 bridgehead atoms. The third kappa shape index (κ3) is 3.82. The van der Waals surface area contributed by atoms with E-state index in [9.17, 15) is 4.79 Å². The molecular weight excluding hydrogens is 206 g/mol. The SMILES string of the molecule is CNCC(C)CNc1ccc(C(N)=O)nn1. The summed E-state index contributed by atoms with van der Waals surface area (Å²) in [5.41, 5.74) is 5.23. The summed E-state index contributed by atoms with van der Waals surface area (Å²) in [6.45, 7) is 3.85. The van der Waals surface area contributed by atoms with Gasteiger partial charge in [0, 0.05) is 6.54 Å². The predicted octanol–water partition coefficient (Wildman–Crippen LogP) is -0.157. The summed E-state index contributed by atoms with van der Waals surface area (Å²) < 4.78 is 0. The first-order valence-corrected chi connectivity index (χ1v) is 5.15. The van der Waals surface area contributed by atoms with Crippen molar-refractivity contribution in [3.8, 4) is 0 Å². The van der Waals surface area contributed by atoms with Crippen LogP contribution in [-0.4, -0.2) is 36.2 Å². The largest absolute Gasteiger partial charge is 0.368 e. The van der Waals surface area contributed by atoms with Crippen LogP contribution in [0.4, 0.5) is 5.82 Å². The Morgan fingerprint density at radius 3 is 2.69 bits per heavy atom. The van der Waals surface area contributed by atoms with Crippen LogP contribution in [0.5, 0.6) is 0 Å². The molecule has 4 N–H and O–H groups in total. The molecule has 6 nitrogen and oxygen atoms in total. The molecule has 1 unspecified atom stereocenters. The van der Waals surface area contributed by atoms with Crippen LogP contribution in [0.1, 0.15) is 17.4 Å². The number of nitrogens with one attached hydrogen (secondary N) is 2. The molecule has 16 heavy (non-hydrogen) atoms. The Hall–Kier alpha value is -1.69. The van der Waals surface area contributed by atoms with Gasteiger partial charge in [0.15, 0.2) is 5.69 Å². The lowest BCUT2D eigenvalue weighted by molar-refractivity contribution is 0.0994. The second kappa shape index (κ2) is 6.02. The maximum Gasteiger partial charge on any atom is 0.269 e. The molecule has 88 valence electrons. The summed E-state index contributed by atoms with van der Waals surface area (Å²) in [5.74, 6) is 0.568. The molecule has 1 rings (SSSR count). The van der Waals surface area contributed by atoms with E-state index in [1.807, 2.05) is 7.05 Å². The van der Waals surface area contributed by atoms with E-state index < -0.39 is 5.91 Å². The molecule has 0 radical (unpaired) electrons. The fraction of sp³-hybridized carbons (Fsp3) is 0.500. The van der Waals surface area contributed by atoms with Gasteiger partial charge in [-0.05, 0) is 31.6 Å². The molecule has 0 spiro atoms. The van der Waals surface area contributed by atoms with Gasteiger partial charge in [-0.1, -0.05) is 6.92 Å². The molecule has 0 aliphatic rings. The average molecular weight is 223 g/mol. The minimum Gasteiger partial charge on any atom is -0.368 e. The van der Waals surface area contributed by atoms with Gasteiger partial charge < -0.3 is 16.4 Å². The van der Waals surface area contributed by atoms with Crippen molar-refractivity contribution in [2.45, 2.75) is 6.92 Å². The van der Waals surface area contributed by atoms with Crippen molar-refractivity contribution in [1.82, 2.24) is 15.5 Å². The van der Waals surface area contributed by atoms with Crippen molar-refractivity contribution in [2.24, 2.45) is 11.7 Å². The fourth-order valence-electron chi connectivity index (χ4n) is 1.26. The van der Waals surface area contributed by atoms with E-state index in [0.29, 0.717) is 11.7 Å². The Bertz CT molecular complexity index is 338. The van der Waals surface area contributed by atoms with Gasteiger partial charge in [0.05, 0.1) is 0 Å². The van der Waals surface area contributed by atoms with Crippen molar-refractivity contribution in [3.05, 3.63) is 17.8 Å². The molecule has 0 saturated carbocycles. The molecule has 1 aromatic rings. The Kier molecular flexibility index (Phi) is 4.65. The third-order valence-electron chi connectivity index (χ3n) is 2.10. The lowest BCUT2D eigenvalue weighted by Gasteiger charge is -2.11. The van der Waals surface area contributed by atoms with Crippen LogP contribution in [-0.2, 0) is 0 Å². The van der Waals surface area contributed by atoms with Gasteiger partial charge in [0.2, 0.25) is 0 Å². The molecule has 1 atom stereocenters. The zero-order valence-electron chi connectivity index (χ0n) is 9.53. The first-order valence-electron chi connectivity index (χ1n) is 5.15. The molecule has 6 heteroatoms. The Morgan fingerprint density at radius 2 is 2.19 bits per heavy atom. The molecule has 1 heterocycles. The number of primary amides is 1. The van der Waals surface area contributed by atoms with Crippen molar-refractivity contribution < 1.29 is 4.79 Å². The van der Waals surface area contributed by atoms with E-state index in [-0.39, 0.29) is 5.69 Å². The van der Waals surface area contributed by atoms with Gasteiger partial charge in [0.1, 0.15) is 5.82 Å². The van der Waals surface area contributed by atoms with Gasteiger partial charge in [-0.25, -0.2) is 0 Å². The number of aromatic nitrogens is 2. The van der Waals surface area contributed by atoms with Crippen LogP contribution in [0, 0.1) is 5.92 Å². The van der Waals surface area contributed by atoms with E-state index >= 15 is 0 Å². The number of nitrogens with two attached hydrogens (primary N) is 1. The lowest BCUT2D eigenvalue weighted by Crippen LogP contribution is -2.23. The first kappa shape index (κ1) is 12.4. The van der Waals surface area contributed by atoms with E-state index in [2.05, 4.69) is 27.8 Å². The van der Waals surface area contributed by atoms with Crippen LogP contribution >= 0.6 is 0 Å². The molecule has 0 saturated heterocycles. The number of hydrogen-bond donors (Lipinski definition) is 3. The Balaban J connectivity index is 2.46. The minimum absolute atomic E-state index is 0.175. The van der Waals surface area contributed by atoms with E-state index in [1.165, 1.54) is 0 Å². The topological polar surface area (TPSA) is 92.9 Å². The van der Waals surface area contributed by atoms with E-state index in [1.54, 1.807) is 12.1 Å². The number of nitrogens with zero attached hydrogens (tertiary/aromatic N) is 2. The molecular formula is C10H17N5O. The van der Waals surface area contributed by atoms with Crippen LogP contribution in [0.15, 0.2) is 12.1 Å². The van der Waals surface area contributed by atoms with Crippen molar-refractivity contribution in [3.63, 3.8) is 0 Å². The molecule has 0 fully saturated rings. The van der Waals surface area contributed by atoms with Crippen LogP contribution in [0.25, 0.3) is 0 Å². The highest BCUT2D eigenvalue weighted by Crippen LogP contribution is 2.03. The second-order valence-electron chi connectivity index (χ2n) is 3.71. The highest BCUT2D eigenvalue weighted by Gasteiger charge is 2.04. The van der Waals surface area contributed by atoms with Gasteiger partial charge >= 0.3 is 0 Å². The van der Waals surface area contributed by atoms with E-state index in [4.69, 9.17) is 5.73 Å². The number of carbonyl (C=O) groups excluding carboxylic acids is 1. The Morgan fingerprint density at radius 1 is 1.44 bits per heavy atom. The normalized spacial score (nSPS) is 12.1.